The number of carbonyl (C=O) groups is 1. The highest BCUT2D eigenvalue weighted by molar-refractivity contribution is 8.77. The molecule has 0 aliphatic rings. The minimum absolute atomic E-state index is 0.131. The average Bonchev–Trinajstić information content (AvgIpc) is 2.71. The molecule has 0 bridgehead atoms. The summed E-state index contributed by atoms with van der Waals surface area (Å²) in [6.07, 6.45) is 0.858. The summed E-state index contributed by atoms with van der Waals surface area (Å²) in [4.78, 5) is 25.8. The van der Waals surface area contributed by atoms with Crippen molar-refractivity contribution < 1.29 is 36.4 Å². The number of nitro groups is 1. The number of pyridine rings is 1. The van der Waals surface area contributed by atoms with Gasteiger partial charge in [0, 0.05) is 17.2 Å². The molecule has 0 radical (unpaired) electrons. The molecule has 0 saturated carbocycles. The number of hydrogen-bond donors (Lipinski definition) is 0. The van der Waals surface area contributed by atoms with Crippen molar-refractivity contribution >= 4 is 33.2 Å². The van der Waals surface area contributed by atoms with Gasteiger partial charge in [-0.25, -0.2) is 18.2 Å². The van der Waals surface area contributed by atoms with Crippen LogP contribution in [0.1, 0.15) is 26.7 Å². The molecule has 0 aliphatic carbocycles. The number of halogens is 5. The van der Waals surface area contributed by atoms with Crippen molar-refractivity contribution in [3.63, 3.8) is 0 Å². The molecule has 1 heterocycles. The predicted molar refractivity (Wildman–Crippen MR) is 99.5 cm³/mol. The molecule has 2 aromatic rings. The number of hydrogen-bond acceptors (Lipinski definition) is 7. The molecule has 2 rings (SSSR count). The van der Waals surface area contributed by atoms with Crippen molar-refractivity contribution in [3.05, 3.63) is 57.5 Å². The molecule has 1 aromatic heterocycles. The van der Waals surface area contributed by atoms with Crippen LogP contribution in [0.2, 0.25) is 0 Å². The first-order valence-corrected chi connectivity index (χ1v) is 10.3. The van der Waals surface area contributed by atoms with Crippen LogP contribution in [-0.2, 0) is 4.79 Å². The lowest BCUT2D eigenvalue weighted by atomic mass is 10.1. The monoisotopic (exact) mass is 468 g/mol. The average molecular weight is 468 g/mol. The van der Waals surface area contributed by atoms with Crippen LogP contribution in [0.5, 0.6) is 5.75 Å². The van der Waals surface area contributed by atoms with E-state index in [-0.39, 0.29) is 18.5 Å². The number of nitrogens with zero attached hydrogens (tertiary/aromatic N) is 2. The fourth-order valence-corrected chi connectivity index (χ4v) is 4.16. The molecule has 1 aromatic carbocycles. The first kappa shape index (κ1) is 23.9. The van der Waals surface area contributed by atoms with E-state index in [2.05, 4.69) is 9.72 Å². The van der Waals surface area contributed by atoms with Gasteiger partial charge in [0.25, 0.3) is 5.69 Å². The maximum atomic E-state index is 13.6. The topological polar surface area (TPSA) is 82.3 Å². The number of aromatic nitrogens is 1. The minimum atomic E-state index is -2.35. The van der Waals surface area contributed by atoms with Crippen molar-refractivity contribution in [1.82, 2.24) is 4.98 Å². The van der Waals surface area contributed by atoms with Crippen molar-refractivity contribution in [2.45, 2.75) is 36.5 Å². The number of rotatable bonds is 8. The van der Waals surface area contributed by atoms with Crippen LogP contribution in [0.4, 0.5) is 27.6 Å². The van der Waals surface area contributed by atoms with Crippen LogP contribution >= 0.6 is 21.6 Å². The lowest BCUT2D eigenvalue weighted by Gasteiger charge is -2.22. The Morgan fingerprint density at radius 1 is 1.10 bits per heavy atom. The summed E-state index contributed by atoms with van der Waals surface area (Å²) in [7, 11) is 2.45. The van der Waals surface area contributed by atoms with E-state index < -0.39 is 50.5 Å². The zero-order chi connectivity index (χ0) is 22.6. The Balaban J connectivity index is 1.94. The van der Waals surface area contributed by atoms with Gasteiger partial charge in [-0.15, -0.1) is 0 Å². The molecule has 162 valence electrons. The van der Waals surface area contributed by atoms with E-state index in [1.54, 1.807) is 13.8 Å². The number of ether oxygens (including phenoxy) is 1. The highest BCUT2D eigenvalue weighted by Gasteiger charge is 2.29. The smallest absolute Gasteiger partial charge is 0.311 e. The zero-order valence-corrected chi connectivity index (χ0v) is 17.0. The maximum Gasteiger partial charge on any atom is 0.311 e. The summed E-state index contributed by atoms with van der Waals surface area (Å²) in [5.41, 5.74) is -0.167. The summed E-state index contributed by atoms with van der Waals surface area (Å²) < 4.78 is 70.2. The van der Waals surface area contributed by atoms with Crippen molar-refractivity contribution in [2.75, 3.05) is 0 Å². The molecule has 0 amide bonds. The second-order valence-electron chi connectivity index (χ2n) is 6.41. The lowest BCUT2D eigenvalue weighted by Crippen LogP contribution is -2.19. The Labute approximate surface area is 174 Å². The predicted octanol–water partition coefficient (Wildman–Crippen LogP) is 5.59. The molecule has 30 heavy (non-hydrogen) atoms. The van der Waals surface area contributed by atoms with Gasteiger partial charge in [0.2, 0.25) is 34.8 Å². The van der Waals surface area contributed by atoms with Crippen LogP contribution in [-0.4, -0.2) is 20.6 Å². The molecule has 0 atom stereocenters. The van der Waals surface area contributed by atoms with Gasteiger partial charge < -0.3 is 4.74 Å². The van der Waals surface area contributed by atoms with E-state index in [0.717, 1.165) is 6.20 Å². The van der Waals surface area contributed by atoms with E-state index in [1.807, 2.05) is 0 Å². The fraction of sp³-hybridized carbons (Fsp3) is 0.294. The van der Waals surface area contributed by atoms with Gasteiger partial charge >= 0.3 is 5.97 Å². The van der Waals surface area contributed by atoms with Gasteiger partial charge in [0.15, 0.2) is 0 Å². The first-order chi connectivity index (χ1) is 13.9. The number of benzene rings is 1. The van der Waals surface area contributed by atoms with Gasteiger partial charge in [-0.05, 0) is 37.1 Å². The third-order valence-corrected chi connectivity index (χ3v) is 6.87. The molecule has 6 nitrogen and oxygen atoms in total. The largest absolute Gasteiger partial charge is 0.420 e. The van der Waals surface area contributed by atoms with Gasteiger partial charge in [-0.1, -0.05) is 10.8 Å². The van der Waals surface area contributed by atoms with Crippen molar-refractivity contribution in [1.29, 1.82) is 0 Å². The summed E-state index contributed by atoms with van der Waals surface area (Å²) in [5, 5.41) is 11.1. The lowest BCUT2D eigenvalue weighted by molar-refractivity contribution is -0.385. The van der Waals surface area contributed by atoms with Crippen LogP contribution in [0.15, 0.2) is 23.4 Å². The van der Waals surface area contributed by atoms with Crippen LogP contribution < -0.4 is 4.74 Å². The van der Waals surface area contributed by atoms with Crippen LogP contribution in [0.25, 0.3) is 0 Å². The molecular formula is C17H13F5N2O4S2. The van der Waals surface area contributed by atoms with E-state index >= 15 is 0 Å². The summed E-state index contributed by atoms with van der Waals surface area (Å²) in [6, 6.07) is 2.73. The van der Waals surface area contributed by atoms with Crippen molar-refractivity contribution in [2.24, 2.45) is 0 Å². The molecular weight excluding hydrogens is 455 g/mol. The molecule has 0 fully saturated rings. The molecule has 0 spiro atoms. The Hall–Kier alpha value is -2.41. The van der Waals surface area contributed by atoms with Gasteiger partial charge in [0.1, 0.15) is 11.2 Å². The Kier molecular flexibility index (Phi) is 7.64. The maximum absolute atomic E-state index is 13.6. The van der Waals surface area contributed by atoms with Crippen molar-refractivity contribution in [3.8, 4) is 5.75 Å². The summed E-state index contributed by atoms with van der Waals surface area (Å²) >= 11 is 0. The van der Waals surface area contributed by atoms with Crippen LogP contribution in [0, 0.1) is 39.2 Å². The highest BCUT2D eigenvalue weighted by Crippen LogP contribution is 2.42. The molecule has 0 N–H and O–H groups in total. The van der Waals surface area contributed by atoms with Gasteiger partial charge in [-0.3, -0.25) is 14.9 Å². The van der Waals surface area contributed by atoms with E-state index in [0.29, 0.717) is 5.03 Å². The second-order valence-corrected chi connectivity index (χ2v) is 9.27. The van der Waals surface area contributed by atoms with Gasteiger partial charge in [-0.2, -0.15) is 8.78 Å². The SMILES string of the molecule is CC(C)(CCC(=O)Oc1c(F)c(F)c(F)c(F)c1F)SSc1ccc([N+](=O)[O-])cn1. The van der Waals surface area contributed by atoms with E-state index in [9.17, 15) is 36.9 Å². The summed E-state index contributed by atoms with van der Waals surface area (Å²) in [5.74, 6) is -14.0. The Bertz CT molecular complexity index is 945. The second kappa shape index (κ2) is 9.60. The fourth-order valence-electron chi connectivity index (χ4n) is 1.97. The number of esters is 1. The van der Waals surface area contributed by atoms with Crippen LogP contribution in [0.3, 0.4) is 0 Å². The molecule has 0 saturated heterocycles. The Morgan fingerprint density at radius 2 is 1.67 bits per heavy atom. The third kappa shape index (κ3) is 5.81. The first-order valence-electron chi connectivity index (χ1n) is 8.11. The Morgan fingerprint density at radius 3 is 2.17 bits per heavy atom. The highest BCUT2D eigenvalue weighted by atomic mass is 33.1. The summed E-state index contributed by atoms with van der Waals surface area (Å²) in [6.45, 7) is 3.48. The minimum Gasteiger partial charge on any atom is -0.420 e. The molecule has 0 unspecified atom stereocenters. The molecule has 13 heteroatoms. The number of carbonyl (C=O) groups excluding carboxylic acids is 1. The zero-order valence-electron chi connectivity index (χ0n) is 15.4. The van der Waals surface area contributed by atoms with Gasteiger partial charge in [0.05, 0.1) is 4.92 Å². The van der Waals surface area contributed by atoms with E-state index in [4.69, 9.17) is 0 Å². The third-order valence-electron chi connectivity index (χ3n) is 3.60. The standard InChI is InChI=1S/C17H13F5N2O4S2/c1-17(2,30-29-9-4-3-8(7-23-9)24(26)27)6-5-10(25)28-16-14(21)12(19)11(18)13(20)15(16)22/h3-4,7H,5-6H2,1-2H3. The van der Waals surface area contributed by atoms with E-state index in [1.165, 1.54) is 33.7 Å². The quantitative estimate of drug-likeness (QED) is 0.0730. The molecule has 0 aliphatic heterocycles. The normalized spacial score (nSPS) is 11.4.